The van der Waals surface area contributed by atoms with Crippen molar-refractivity contribution >= 4 is 27.4 Å². The summed E-state index contributed by atoms with van der Waals surface area (Å²) in [6.45, 7) is 0.701. The molecule has 6 nitrogen and oxygen atoms in total. The molecule has 1 amide bonds. The summed E-state index contributed by atoms with van der Waals surface area (Å²) in [6, 6.07) is 15.8. The van der Waals surface area contributed by atoms with Crippen LogP contribution in [0.5, 0.6) is 0 Å². The molecule has 0 bridgehead atoms. The Morgan fingerprint density at radius 2 is 1.59 bits per heavy atom. The van der Waals surface area contributed by atoms with E-state index in [9.17, 15) is 18.0 Å². The van der Waals surface area contributed by atoms with Crippen LogP contribution in [0.2, 0.25) is 0 Å². The first kappa shape index (κ1) is 19.3. The van der Waals surface area contributed by atoms with Crippen molar-refractivity contribution in [2.75, 3.05) is 24.7 Å². The first-order chi connectivity index (χ1) is 12.8. The van der Waals surface area contributed by atoms with E-state index in [2.05, 4.69) is 5.32 Å². The van der Waals surface area contributed by atoms with Gasteiger partial charge < -0.3 is 5.32 Å². The molecule has 1 N–H and O–H groups in total. The number of nitrogens with zero attached hydrogens (tertiary/aromatic N) is 1. The van der Waals surface area contributed by atoms with Crippen LogP contribution in [-0.4, -0.2) is 43.8 Å². The van der Waals surface area contributed by atoms with E-state index >= 15 is 0 Å². The fourth-order valence-corrected chi connectivity index (χ4v) is 4.06. The Labute approximate surface area is 159 Å². The highest BCUT2D eigenvalue weighted by molar-refractivity contribution is 7.88. The van der Waals surface area contributed by atoms with Gasteiger partial charge in [0.2, 0.25) is 15.9 Å². The average molecular weight is 386 g/mol. The Kier molecular flexibility index (Phi) is 5.72. The third-order valence-electron chi connectivity index (χ3n) is 4.72. The molecule has 2 aromatic carbocycles. The predicted molar refractivity (Wildman–Crippen MR) is 104 cm³/mol. The molecule has 0 saturated carbocycles. The summed E-state index contributed by atoms with van der Waals surface area (Å²) in [5.41, 5.74) is 1.66. The molecule has 1 heterocycles. The molecule has 1 aliphatic rings. The zero-order chi connectivity index (χ0) is 19.4. The summed E-state index contributed by atoms with van der Waals surface area (Å²) in [4.78, 5) is 25.1. The number of carbonyl (C=O) groups is 2. The molecule has 142 valence electrons. The summed E-state index contributed by atoms with van der Waals surface area (Å²) >= 11 is 0. The third-order valence-corrected chi connectivity index (χ3v) is 6.03. The van der Waals surface area contributed by atoms with E-state index in [1.807, 2.05) is 18.2 Å². The van der Waals surface area contributed by atoms with Crippen molar-refractivity contribution in [1.82, 2.24) is 4.31 Å². The lowest BCUT2D eigenvalue weighted by Gasteiger charge is -2.29. The molecule has 0 unspecified atom stereocenters. The van der Waals surface area contributed by atoms with E-state index in [0.717, 1.165) is 0 Å². The van der Waals surface area contributed by atoms with Gasteiger partial charge in [-0.2, -0.15) is 0 Å². The average Bonchev–Trinajstić information content (AvgIpc) is 2.67. The van der Waals surface area contributed by atoms with Crippen molar-refractivity contribution in [1.29, 1.82) is 0 Å². The van der Waals surface area contributed by atoms with E-state index in [1.165, 1.54) is 10.6 Å². The molecule has 0 aromatic heterocycles. The van der Waals surface area contributed by atoms with Crippen LogP contribution in [0.25, 0.3) is 0 Å². The molecule has 1 saturated heterocycles. The first-order valence-electron chi connectivity index (χ1n) is 8.80. The number of nitrogens with one attached hydrogen (secondary N) is 1. The lowest BCUT2D eigenvalue weighted by molar-refractivity contribution is -0.120. The van der Waals surface area contributed by atoms with Crippen molar-refractivity contribution in [2.45, 2.75) is 12.8 Å². The topological polar surface area (TPSA) is 83.6 Å². The lowest BCUT2D eigenvalue weighted by atomic mass is 9.97. The summed E-state index contributed by atoms with van der Waals surface area (Å²) in [7, 11) is -3.21. The number of anilines is 1. The normalized spacial score (nSPS) is 16.0. The van der Waals surface area contributed by atoms with Crippen LogP contribution in [0, 0.1) is 5.92 Å². The molecule has 0 aliphatic carbocycles. The fourth-order valence-electron chi connectivity index (χ4n) is 3.19. The number of hydrogen-bond acceptors (Lipinski definition) is 4. The smallest absolute Gasteiger partial charge is 0.227 e. The number of rotatable bonds is 5. The molecule has 2 aromatic rings. The maximum absolute atomic E-state index is 12.5. The second-order valence-electron chi connectivity index (χ2n) is 6.70. The predicted octanol–water partition coefficient (Wildman–Crippen LogP) is 2.53. The number of hydrogen-bond donors (Lipinski definition) is 1. The summed E-state index contributed by atoms with van der Waals surface area (Å²) in [5, 5.41) is 2.85. The number of ketones is 1. The van der Waals surface area contributed by atoms with Gasteiger partial charge >= 0.3 is 0 Å². The van der Waals surface area contributed by atoms with Gasteiger partial charge in [0.05, 0.1) is 6.26 Å². The van der Waals surface area contributed by atoms with Crippen LogP contribution in [0.1, 0.15) is 28.8 Å². The van der Waals surface area contributed by atoms with E-state index < -0.39 is 10.0 Å². The van der Waals surface area contributed by atoms with Gasteiger partial charge in [-0.25, -0.2) is 12.7 Å². The van der Waals surface area contributed by atoms with Gasteiger partial charge in [-0.05, 0) is 25.0 Å². The van der Waals surface area contributed by atoms with Gasteiger partial charge in [0.15, 0.2) is 5.78 Å². The quantitative estimate of drug-likeness (QED) is 0.801. The molecule has 7 heteroatoms. The summed E-state index contributed by atoms with van der Waals surface area (Å²) in [5.74, 6) is -0.489. The third kappa shape index (κ3) is 4.81. The Morgan fingerprint density at radius 1 is 0.963 bits per heavy atom. The molecule has 3 rings (SSSR count). The van der Waals surface area contributed by atoms with Gasteiger partial charge in [-0.1, -0.05) is 42.5 Å². The highest BCUT2D eigenvalue weighted by Gasteiger charge is 2.29. The van der Waals surface area contributed by atoms with Crippen molar-refractivity contribution in [3.63, 3.8) is 0 Å². The molecule has 0 spiro atoms. The van der Waals surface area contributed by atoms with Gasteiger partial charge in [-0.15, -0.1) is 0 Å². The minimum atomic E-state index is -3.21. The molecule has 1 fully saturated rings. The first-order valence-corrected chi connectivity index (χ1v) is 10.7. The van der Waals surface area contributed by atoms with E-state index in [0.29, 0.717) is 42.7 Å². The molecular formula is C20H22N2O4S. The van der Waals surface area contributed by atoms with E-state index in [1.54, 1.807) is 36.4 Å². The Morgan fingerprint density at radius 3 is 2.22 bits per heavy atom. The zero-order valence-electron chi connectivity index (χ0n) is 15.1. The zero-order valence-corrected chi connectivity index (χ0v) is 15.9. The maximum Gasteiger partial charge on any atom is 0.227 e. The van der Waals surface area contributed by atoms with Gasteiger partial charge in [-0.3, -0.25) is 9.59 Å². The minimum Gasteiger partial charge on any atom is -0.326 e. The van der Waals surface area contributed by atoms with Crippen molar-refractivity contribution in [3.05, 3.63) is 65.7 Å². The number of amides is 1. The van der Waals surface area contributed by atoms with Crippen LogP contribution >= 0.6 is 0 Å². The second-order valence-corrected chi connectivity index (χ2v) is 8.68. The Bertz CT molecular complexity index is 933. The SMILES string of the molecule is CS(=O)(=O)N1CCC(C(=O)Nc2cccc(C(=O)c3ccccc3)c2)CC1. The van der Waals surface area contributed by atoms with Crippen molar-refractivity contribution in [2.24, 2.45) is 5.92 Å². The largest absolute Gasteiger partial charge is 0.326 e. The van der Waals surface area contributed by atoms with Gasteiger partial charge in [0.25, 0.3) is 0 Å². The number of benzene rings is 2. The number of sulfonamides is 1. The Balaban J connectivity index is 1.65. The lowest BCUT2D eigenvalue weighted by Crippen LogP contribution is -2.40. The molecule has 0 atom stereocenters. The highest BCUT2D eigenvalue weighted by Crippen LogP contribution is 2.22. The summed E-state index contributed by atoms with van der Waals surface area (Å²) < 4.78 is 24.5. The Hall–Kier alpha value is -2.51. The van der Waals surface area contributed by atoms with Crippen LogP contribution in [0.3, 0.4) is 0 Å². The van der Waals surface area contributed by atoms with Gasteiger partial charge in [0.1, 0.15) is 0 Å². The molecule has 0 radical (unpaired) electrons. The standard InChI is InChI=1S/C20H22N2O4S/c1-27(25,26)22-12-10-16(11-13-22)20(24)21-18-9-5-8-17(14-18)19(23)15-6-3-2-4-7-15/h2-9,14,16H,10-13H2,1H3,(H,21,24). The second kappa shape index (κ2) is 8.02. The van der Waals surface area contributed by atoms with Crippen molar-refractivity contribution < 1.29 is 18.0 Å². The van der Waals surface area contributed by atoms with Crippen LogP contribution in [0.15, 0.2) is 54.6 Å². The number of carbonyl (C=O) groups excluding carboxylic acids is 2. The molecule has 27 heavy (non-hydrogen) atoms. The van der Waals surface area contributed by atoms with E-state index in [-0.39, 0.29) is 17.6 Å². The monoisotopic (exact) mass is 386 g/mol. The van der Waals surface area contributed by atoms with Crippen LogP contribution < -0.4 is 5.32 Å². The van der Waals surface area contributed by atoms with Crippen molar-refractivity contribution in [3.8, 4) is 0 Å². The highest BCUT2D eigenvalue weighted by atomic mass is 32.2. The van der Waals surface area contributed by atoms with Crippen LogP contribution in [-0.2, 0) is 14.8 Å². The molecule has 1 aliphatic heterocycles. The summed E-state index contributed by atoms with van der Waals surface area (Å²) in [6.07, 6.45) is 2.16. The molecular weight excluding hydrogens is 364 g/mol. The fraction of sp³-hybridized carbons (Fsp3) is 0.300. The maximum atomic E-state index is 12.5. The van der Waals surface area contributed by atoms with Gasteiger partial charge in [0, 0.05) is 35.8 Å². The number of piperidine rings is 1. The minimum absolute atomic E-state index is 0.104. The van der Waals surface area contributed by atoms with Crippen LogP contribution in [0.4, 0.5) is 5.69 Å². The van der Waals surface area contributed by atoms with E-state index in [4.69, 9.17) is 0 Å².